The summed E-state index contributed by atoms with van der Waals surface area (Å²) in [6.45, 7) is -0.203. The van der Waals surface area contributed by atoms with Gasteiger partial charge in [-0.15, -0.1) is 0 Å². The molecule has 2 rings (SSSR count). The van der Waals surface area contributed by atoms with Gasteiger partial charge < -0.3 is 50.6 Å². The first kappa shape index (κ1) is 19.8. The zero-order chi connectivity index (χ0) is 18.0. The normalized spacial score (nSPS) is 50.0. The quantitative estimate of drug-likeness (QED) is 0.166. The first-order chi connectivity index (χ1) is 11.3. The molecule has 0 bridgehead atoms. The molecule has 0 saturated carbocycles. The van der Waals surface area contributed by atoms with Crippen LogP contribution in [0.15, 0.2) is 0 Å². The summed E-state index contributed by atoms with van der Waals surface area (Å²) in [5.74, 6) is 5.16. The maximum absolute atomic E-state index is 9.97. The second-order valence-corrected chi connectivity index (χ2v) is 5.81. The van der Waals surface area contributed by atoms with Gasteiger partial charge in [-0.1, -0.05) is 0 Å². The summed E-state index contributed by atoms with van der Waals surface area (Å²) >= 11 is 0. The fourth-order valence-corrected chi connectivity index (χ4v) is 2.67. The van der Waals surface area contributed by atoms with Crippen LogP contribution >= 0.6 is 0 Å². The first-order valence-corrected chi connectivity index (χ1v) is 7.50. The molecule has 2 heterocycles. The number of nitrogens with two attached hydrogens (primary N) is 2. The lowest BCUT2D eigenvalue weighted by molar-refractivity contribution is -0.372. The van der Waals surface area contributed by atoms with Crippen LogP contribution in [0.5, 0.6) is 0 Å². The molecule has 0 aromatic heterocycles. The van der Waals surface area contributed by atoms with Crippen LogP contribution in [0.1, 0.15) is 0 Å². The summed E-state index contributed by atoms with van der Waals surface area (Å²) < 4.78 is 15.9. The fourth-order valence-electron chi connectivity index (χ4n) is 2.67. The van der Waals surface area contributed by atoms with Gasteiger partial charge in [-0.05, 0) is 0 Å². The Morgan fingerprint density at radius 2 is 1.21 bits per heavy atom. The van der Waals surface area contributed by atoms with Gasteiger partial charge >= 0.3 is 0 Å². The number of hydrogen-bond acceptors (Lipinski definition) is 12. The summed E-state index contributed by atoms with van der Waals surface area (Å²) in [5, 5.41) is 59.1. The van der Waals surface area contributed by atoms with Crippen molar-refractivity contribution in [1.29, 1.82) is 0 Å². The van der Waals surface area contributed by atoms with Crippen molar-refractivity contribution < 1.29 is 44.8 Å². The number of rotatable bonds is 5. The van der Waals surface area contributed by atoms with Gasteiger partial charge in [-0.2, -0.15) is 0 Å². The van der Waals surface area contributed by atoms with Gasteiger partial charge in [0.25, 0.3) is 0 Å². The Bertz CT molecular complexity index is 404. The fraction of sp³-hybridized carbons (Fsp3) is 1.00. The molecule has 12 heteroatoms. The van der Waals surface area contributed by atoms with E-state index in [1.165, 1.54) is 0 Å². The minimum absolute atomic E-state index is 0.0500. The average molecular weight is 355 g/mol. The van der Waals surface area contributed by atoms with E-state index in [1.54, 1.807) is 0 Å². The van der Waals surface area contributed by atoms with Crippen LogP contribution < -0.4 is 17.0 Å². The third-order valence-electron chi connectivity index (χ3n) is 4.16. The SMILES string of the molecule is NCC1O[C@H](O[C@H]2OC(CNN)[C@@H](O)C(O)C2O)C(O)C(O)[C@@H]1O. The van der Waals surface area contributed by atoms with Gasteiger partial charge in [0.15, 0.2) is 12.6 Å². The Balaban J connectivity index is 2.07. The molecule has 10 atom stereocenters. The number of hydrogen-bond donors (Lipinski definition) is 9. The van der Waals surface area contributed by atoms with E-state index in [4.69, 9.17) is 25.8 Å². The number of aliphatic hydroxyl groups is 6. The average Bonchev–Trinajstić information content (AvgIpc) is 2.57. The summed E-state index contributed by atoms with van der Waals surface area (Å²) in [6.07, 6.45) is -14.3. The molecular weight excluding hydrogens is 330 g/mol. The predicted molar refractivity (Wildman–Crippen MR) is 75.7 cm³/mol. The zero-order valence-corrected chi connectivity index (χ0v) is 12.8. The largest absolute Gasteiger partial charge is 0.388 e. The number of hydrazine groups is 1. The van der Waals surface area contributed by atoms with Crippen molar-refractivity contribution in [3.63, 3.8) is 0 Å². The highest BCUT2D eigenvalue weighted by Crippen LogP contribution is 2.27. The Kier molecular flexibility index (Phi) is 6.83. The van der Waals surface area contributed by atoms with Crippen LogP contribution in [0.2, 0.25) is 0 Å². The molecule has 24 heavy (non-hydrogen) atoms. The maximum Gasteiger partial charge on any atom is 0.189 e. The first-order valence-electron chi connectivity index (χ1n) is 7.50. The van der Waals surface area contributed by atoms with Gasteiger partial charge in [-0.25, -0.2) is 0 Å². The van der Waals surface area contributed by atoms with Crippen molar-refractivity contribution in [1.82, 2.24) is 5.43 Å². The van der Waals surface area contributed by atoms with Crippen LogP contribution in [0.3, 0.4) is 0 Å². The van der Waals surface area contributed by atoms with Crippen LogP contribution in [0.25, 0.3) is 0 Å². The molecule has 142 valence electrons. The summed E-state index contributed by atoms with van der Waals surface area (Å²) in [5.41, 5.74) is 7.68. The van der Waals surface area contributed by atoms with E-state index in [9.17, 15) is 30.6 Å². The molecule has 2 fully saturated rings. The monoisotopic (exact) mass is 355 g/mol. The molecular formula is C12H25N3O9. The summed E-state index contributed by atoms with van der Waals surface area (Å²) in [6, 6.07) is 0. The third-order valence-corrected chi connectivity index (χ3v) is 4.16. The Morgan fingerprint density at radius 3 is 1.67 bits per heavy atom. The van der Waals surface area contributed by atoms with Gasteiger partial charge in [-0.3, -0.25) is 11.3 Å². The van der Waals surface area contributed by atoms with Crippen LogP contribution in [0.4, 0.5) is 0 Å². The predicted octanol–water partition coefficient (Wildman–Crippen LogP) is -5.96. The van der Waals surface area contributed by atoms with E-state index < -0.39 is 61.4 Å². The molecule has 12 nitrogen and oxygen atoms in total. The second kappa shape index (κ2) is 8.27. The van der Waals surface area contributed by atoms with Crippen molar-refractivity contribution in [2.45, 2.75) is 61.4 Å². The van der Waals surface area contributed by atoms with E-state index in [0.29, 0.717) is 0 Å². The maximum atomic E-state index is 9.97. The highest BCUT2D eigenvalue weighted by Gasteiger charge is 2.49. The van der Waals surface area contributed by atoms with E-state index in [-0.39, 0.29) is 13.1 Å². The Morgan fingerprint density at radius 1 is 0.750 bits per heavy atom. The van der Waals surface area contributed by atoms with Gasteiger partial charge in [0.1, 0.15) is 48.8 Å². The van der Waals surface area contributed by atoms with E-state index in [2.05, 4.69) is 5.43 Å². The highest BCUT2D eigenvalue weighted by atomic mass is 16.8. The number of ether oxygens (including phenoxy) is 3. The number of aliphatic hydroxyl groups excluding tert-OH is 6. The molecule has 0 aliphatic carbocycles. The molecule has 2 saturated heterocycles. The zero-order valence-electron chi connectivity index (χ0n) is 12.8. The minimum atomic E-state index is -1.65. The van der Waals surface area contributed by atoms with Crippen molar-refractivity contribution in [2.75, 3.05) is 13.1 Å². The van der Waals surface area contributed by atoms with Crippen molar-refractivity contribution in [2.24, 2.45) is 11.6 Å². The van der Waals surface area contributed by atoms with Crippen molar-refractivity contribution in [3.05, 3.63) is 0 Å². The highest BCUT2D eigenvalue weighted by molar-refractivity contribution is 4.93. The number of nitrogens with one attached hydrogen (secondary N) is 1. The van der Waals surface area contributed by atoms with Gasteiger partial charge in [0.2, 0.25) is 0 Å². The molecule has 0 aromatic rings. The lowest BCUT2D eigenvalue weighted by Crippen LogP contribution is -2.64. The Labute approximate surface area is 137 Å². The molecule has 0 spiro atoms. The van der Waals surface area contributed by atoms with Crippen LogP contribution in [-0.4, -0.2) is 105 Å². The van der Waals surface area contributed by atoms with Gasteiger partial charge in [0.05, 0.1) is 0 Å². The van der Waals surface area contributed by atoms with Crippen LogP contribution in [-0.2, 0) is 14.2 Å². The molecule has 0 aromatic carbocycles. The second-order valence-electron chi connectivity index (χ2n) is 5.81. The van der Waals surface area contributed by atoms with Crippen molar-refractivity contribution in [3.8, 4) is 0 Å². The standard InChI is InChI=1S/C12H25N3O9/c13-1-3-5(16)7(18)9(20)11(22-3)24-12-10(21)8(19)6(17)4(23-12)2-15-14/h3-12,15-21H,1-2,13-14H2/t3?,4?,5-,6-,7?,8?,9?,10?,11-,12-/m1/s1. The molecule has 2 aliphatic rings. The van der Waals surface area contributed by atoms with Crippen LogP contribution in [0, 0.1) is 0 Å². The topological polar surface area (TPSA) is 213 Å². The molecule has 0 amide bonds. The lowest BCUT2D eigenvalue weighted by atomic mass is 9.97. The smallest absolute Gasteiger partial charge is 0.189 e. The third kappa shape index (κ3) is 3.85. The van der Waals surface area contributed by atoms with E-state index in [0.717, 1.165) is 0 Å². The van der Waals surface area contributed by atoms with E-state index >= 15 is 0 Å². The lowest BCUT2D eigenvalue weighted by Gasteiger charge is -2.44. The van der Waals surface area contributed by atoms with Gasteiger partial charge in [0, 0.05) is 13.1 Å². The molecule has 6 unspecified atom stereocenters. The molecule has 0 radical (unpaired) electrons. The summed E-state index contributed by atoms with van der Waals surface area (Å²) in [7, 11) is 0. The van der Waals surface area contributed by atoms with Crippen molar-refractivity contribution >= 4 is 0 Å². The minimum Gasteiger partial charge on any atom is -0.388 e. The molecule has 11 N–H and O–H groups in total. The summed E-state index contributed by atoms with van der Waals surface area (Å²) in [4.78, 5) is 0. The van der Waals surface area contributed by atoms with E-state index in [1.807, 2.05) is 0 Å². The Hall–Kier alpha value is -0.480. The molecule has 2 aliphatic heterocycles.